The maximum Gasteiger partial charge on any atom is 0.0719 e. The van der Waals surface area contributed by atoms with Crippen molar-refractivity contribution in [2.75, 3.05) is 19.8 Å². The van der Waals surface area contributed by atoms with E-state index in [1.54, 1.807) is 0 Å². The zero-order chi connectivity index (χ0) is 22.3. The summed E-state index contributed by atoms with van der Waals surface area (Å²) in [7, 11) is 0. The lowest BCUT2D eigenvalue weighted by Gasteiger charge is -2.24. The first-order valence-corrected chi connectivity index (χ1v) is 11.9. The van der Waals surface area contributed by atoms with Crippen molar-refractivity contribution in [3.8, 4) is 0 Å². The molecule has 3 heteroatoms. The fourth-order valence-electron chi connectivity index (χ4n) is 4.67. The molecular formula is C29H34N2O. The molecule has 1 aliphatic carbocycles. The second-order valence-electron chi connectivity index (χ2n) is 8.67. The number of ether oxygens (including phenoxy) is 1. The minimum Gasteiger partial charge on any atom is -0.381 e. The van der Waals surface area contributed by atoms with Crippen molar-refractivity contribution in [3.63, 3.8) is 0 Å². The lowest BCUT2D eigenvalue weighted by atomic mass is 9.91. The molecule has 0 N–H and O–H groups in total. The third kappa shape index (κ3) is 5.16. The summed E-state index contributed by atoms with van der Waals surface area (Å²) in [6.45, 7) is 8.88. The molecule has 2 aliphatic heterocycles. The molecule has 0 radical (unpaired) electrons. The molecule has 3 aliphatic rings. The zero-order valence-electron chi connectivity index (χ0n) is 19.6. The largest absolute Gasteiger partial charge is 0.381 e. The standard InChI is InChI=1S/C29H34N2O/c1-4-22(19-30-5-2)25-8-6-9-26(17-25)24-10-7-11-28(21(3)16-24)27-18-29(31-20-27)23-12-14-32-15-13-23/h4,6-9,11,16-20,23,29H,5,10,12-15H2,1-3H3/b22-4+,30-19-. The van der Waals surface area contributed by atoms with Gasteiger partial charge in [-0.1, -0.05) is 48.6 Å². The van der Waals surface area contributed by atoms with Crippen LogP contribution in [0.1, 0.15) is 51.2 Å². The molecule has 1 unspecified atom stereocenters. The lowest BCUT2D eigenvalue weighted by molar-refractivity contribution is 0.0633. The van der Waals surface area contributed by atoms with Gasteiger partial charge in [-0.25, -0.2) is 0 Å². The van der Waals surface area contributed by atoms with Gasteiger partial charge in [-0.2, -0.15) is 0 Å². The van der Waals surface area contributed by atoms with Crippen molar-refractivity contribution in [1.82, 2.24) is 0 Å². The highest BCUT2D eigenvalue weighted by molar-refractivity contribution is 6.09. The van der Waals surface area contributed by atoms with Crippen LogP contribution in [0.2, 0.25) is 0 Å². The average Bonchev–Trinajstić information content (AvgIpc) is 3.24. The highest BCUT2D eigenvalue weighted by Gasteiger charge is 2.25. The van der Waals surface area contributed by atoms with Gasteiger partial charge in [0.1, 0.15) is 0 Å². The summed E-state index contributed by atoms with van der Waals surface area (Å²) in [6.07, 6.45) is 18.6. The highest BCUT2D eigenvalue weighted by atomic mass is 16.5. The van der Waals surface area contributed by atoms with Crippen LogP contribution in [0.4, 0.5) is 0 Å². The van der Waals surface area contributed by atoms with Crippen molar-refractivity contribution in [2.24, 2.45) is 15.9 Å². The third-order valence-electron chi connectivity index (χ3n) is 6.52. The molecule has 4 rings (SSSR count). The monoisotopic (exact) mass is 426 g/mol. The minimum atomic E-state index is 0.301. The van der Waals surface area contributed by atoms with Crippen LogP contribution in [0.15, 0.2) is 81.3 Å². The normalized spacial score (nSPS) is 22.5. The van der Waals surface area contributed by atoms with Crippen molar-refractivity contribution in [3.05, 3.63) is 82.5 Å². The fraction of sp³-hybridized carbons (Fsp3) is 0.379. The molecule has 32 heavy (non-hydrogen) atoms. The third-order valence-corrected chi connectivity index (χ3v) is 6.52. The summed E-state index contributed by atoms with van der Waals surface area (Å²) in [5.41, 5.74) is 8.83. The molecule has 0 spiro atoms. The average molecular weight is 427 g/mol. The topological polar surface area (TPSA) is 34.0 Å². The summed E-state index contributed by atoms with van der Waals surface area (Å²) < 4.78 is 5.53. The van der Waals surface area contributed by atoms with Gasteiger partial charge in [0.05, 0.1) is 6.04 Å². The molecule has 1 aromatic rings. The van der Waals surface area contributed by atoms with Gasteiger partial charge >= 0.3 is 0 Å². The van der Waals surface area contributed by atoms with E-state index in [9.17, 15) is 0 Å². The van der Waals surface area contributed by atoms with E-state index < -0.39 is 0 Å². The highest BCUT2D eigenvalue weighted by Crippen LogP contribution is 2.32. The van der Waals surface area contributed by atoms with E-state index in [2.05, 4.69) is 86.6 Å². The Hall–Kier alpha value is -2.78. The van der Waals surface area contributed by atoms with Crippen LogP contribution in [0, 0.1) is 5.92 Å². The Morgan fingerprint density at radius 3 is 2.88 bits per heavy atom. The van der Waals surface area contributed by atoms with Crippen molar-refractivity contribution in [1.29, 1.82) is 0 Å². The summed E-state index contributed by atoms with van der Waals surface area (Å²) in [5, 5.41) is 0. The predicted molar refractivity (Wildman–Crippen MR) is 137 cm³/mol. The summed E-state index contributed by atoms with van der Waals surface area (Å²) >= 11 is 0. The van der Waals surface area contributed by atoms with Gasteiger partial charge in [-0.15, -0.1) is 0 Å². The Kier molecular flexibility index (Phi) is 7.49. The van der Waals surface area contributed by atoms with Crippen molar-refractivity contribution < 1.29 is 4.74 Å². The van der Waals surface area contributed by atoms with E-state index in [0.29, 0.717) is 12.0 Å². The van der Waals surface area contributed by atoms with E-state index in [0.717, 1.165) is 44.6 Å². The van der Waals surface area contributed by atoms with Crippen LogP contribution in [0.25, 0.3) is 11.1 Å². The quantitative estimate of drug-likeness (QED) is 0.469. The molecule has 0 bridgehead atoms. The molecule has 0 saturated carbocycles. The number of rotatable bonds is 6. The number of aliphatic imine (C=N–C) groups is 2. The van der Waals surface area contributed by atoms with Gasteiger partial charge in [0, 0.05) is 32.2 Å². The Bertz CT molecular complexity index is 1040. The summed E-state index contributed by atoms with van der Waals surface area (Å²) in [6, 6.07) is 9.11. The molecule has 0 aromatic heterocycles. The van der Waals surface area contributed by atoms with Gasteiger partial charge in [-0.3, -0.25) is 9.98 Å². The number of hydrogen-bond donors (Lipinski definition) is 0. The molecule has 1 fully saturated rings. The fourth-order valence-corrected chi connectivity index (χ4v) is 4.67. The van der Waals surface area contributed by atoms with Gasteiger partial charge < -0.3 is 4.74 Å². The number of hydrogen-bond acceptors (Lipinski definition) is 3. The van der Waals surface area contributed by atoms with E-state index in [-0.39, 0.29) is 0 Å². The molecule has 1 atom stereocenters. The lowest BCUT2D eigenvalue weighted by Crippen LogP contribution is -2.23. The Balaban J connectivity index is 1.59. The van der Waals surface area contributed by atoms with Crippen molar-refractivity contribution >= 4 is 23.6 Å². The van der Waals surface area contributed by atoms with E-state index >= 15 is 0 Å². The molecule has 2 heterocycles. The number of benzene rings is 1. The molecule has 166 valence electrons. The minimum absolute atomic E-state index is 0.301. The molecule has 1 saturated heterocycles. The van der Waals surface area contributed by atoms with Gasteiger partial charge in [-0.05, 0) is 91.0 Å². The predicted octanol–water partition coefficient (Wildman–Crippen LogP) is 6.65. The van der Waals surface area contributed by atoms with Gasteiger partial charge in [0.25, 0.3) is 0 Å². The molecule has 0 amide bonds. The van der Waals surface area contributed by atoms with Crippen LogP contribution < -0.4 is 0 Å². The van der Waals surface area contributed by atoms with Crippen LogP contribution in [-0.4, -0.2) is 38.2 Å². The smallest absolute Gasteiger partial charge is 0.0719 e. The molecule has 1 aromatic carbocycles. The van der Waals surface area contributed by atoms with Crippen molar-refractivity contribution in [2.45, 2.75) is 46.1 Å². The maximum atomic E-state index is 5.53. The Morgan fingerprint density at radius 1 is 1.25 bits per heavy atom. The first kappa shape index (κ1) is 22.4. The number of allylic oxidation sites excluding steroid dienone is 9. The second-order valence-corrected chi connectivity index (χ2v) is 8.67. The second kappa shape index (κ2) is 10.7. The Morgan fingerprint density at radius 2 is 2.09 bits per heavy atom. The van der Waals surface area contributed by atoms with Crippen LogP contribution in [-0.2, 0) is 4.74 Å². The maximum absolute atomic E-state index is 5.53. The van der Waals surface area contributed by atoms with Crippen LogP contribution in [0.5, 0.6) is 0 Å². The van der Waals surface area contributed by atoms with Gasteiger partial charge in [0.15, 0.2) is 0 Å². The molecule has 3 nitrogen and oxygen atoms in total. The Labute approximate surface area is 192 Å². The molecular weight excluding hydrogens is 392 g/mol. The van der Waals surface area contributed by atoms with E-state index in [4.69, 9.17) is 9.73 Å². The first-order valence-electron chi connectivity index (χ1n) is 11.9. The van der Waals surface area contributed by atoms with Crippen LogP contribution >= 0.6 is 0 Å². The van der Waals surface area contributed by atoms with E-state index in [1.165, 1.54) is 33.4 Å². The SMILES string of the molecule is C/C=C(\C=N/CC)c1cccc(C2=CC(C)=C(C3=CC(C4CCOCC4)N=C3)C=CC2)c1. The summed E-state index contributed by atoms with van der Waals surface area (Å²) in [5.74, 6) is 0.610. The number of nitrogens with zero attached hydrogens (tertiary/aromatic N) is 2. The van der Waals surface area contributed by atoms with E-state index in [1.807, 2.05) is 6.21 Å². The van der Waals surface area contributed by atoms with Gasteiger partial charge in [0.2, 0.25) is 0 Å². The first-order chi connectivity index (χ1) is 15.7. The van der Waals surface area contributed by atoms with Crippen LogP contribution in [0.3, 0.4) is 0 Å². The summed E-state index contributed by atoms with van der Waals surface area (Å²) in [4.78, 5) is 9.27. The zero-order valence-corrected chi connectivity index (χ0v) is 19.6.